The summed E-state index contributed by atoms with van der Waals surface area (Å²) in [6.07, 6.45) is -0.282. The van der Waals surface area contributed by atoms with Gasteiger partial charge in [-0.05, 0) is 52.8 Å². The summed E-state index contributed by atoms with van der Waals surface area (Å²) in [6.45, 7) is 6.96. The van der Waals surface area contributed by atoms with Crippen molar-refractivity contribution in [1.82, 2.24) is 10.2 Å². The van der Waals surface area contributed by atoms with Crippen LogP contribution in [0.3, 0.4) is 0 Å². The Morgan fingerprint density at radius 2 is 1.86 bits per heavy atom. The summed E-state index contributed by atoms with van der Waals surface area (Å²) in [5.74, 6) is 0. The van der Waals surface area contributed by atoms with E-state index >= 15 is 0 Å². The lowest BCUT2D eigenvalue weighted by molar-refractivity contribution is 0.0759. The largest absolute Gasteiger partial charge is 0.465 e. The number of carbonyl (C=O) groups is 2. The number of carbonyl (C=O) groups excluding carboxylic acids is 1. The van der Waals surface area contributed by atoms with E-state index in [1.54, 1.807) is 12.1 Å². The Morgan fingerprint density at radius 3 is 2.48 bits per heavy atom. The molecule has 1 unspecified atom stereocenters. The van der Waals surface area contributed by atoms with E-state index in [-0.39, 0.29) is 17.5 Å². The molecule has 7 heteroatoms. The number of rotatable bonds is 3. The van der Waals surface area contributed by atoms with Crippen LogP contribution in [0.15, 0.2) is 42.5 Å². The van der Waals surface area contributed by atoms with Gasteiger partial charge in [0.2, 0.25) is 0 Å². The van der Waals surface area contributed by atoms with Crippen molar-refractivity contribution < 1.29 is 14.7 Å². The lowest BCUT2D eigenvalue weighted by Gasteiger charge is -2.43. The molecule has 6 nitrogen and oxygen atoms in total. The average molecular weight is 416 g/mol. The van der Waals surface area contributed by atoms with Crippen LogP contribution in [0.1, 0.15) is 43.5 Å². The molecule has 0 radical (unpaired) electrons. The summed E-state index contributed by atoms with van der Waals surface area (Å²) in [7, 11) is 0. The van der Waals surface area contributed by atoms with E-state index in [1.165, 1.54) is 4.90 Å². The van der Waals surface area contributed by atoms with Gasteiger partial charge < -0.3 is 20.6 Å². The fourth-order valence-electron chi connectivity index (χ4n) is 3.80. The first-order valence-electron chi connectivity index (χ1n) is 9.57. The molecule has 0 aliphatic carbocycles. The lowest BCUT2D eigenvalue weighted by atomic mass is 9.77. The van der Waals surface area contributed by atoms with Crippen LogP contribution in [0.5, 0.6) is 0 Å². The Morgan fingerprint density at radius 1 is 1.17 bits per heavy atom. The molecule has 0 saturated carbocycles. The summed E-state index contributed by atoms with van der Waals surface area (Å²) in [6, 6.07) is 12.5. The molecule has 2 aromatic rings. The summed E-state index contributed by atoms with van der Waals surface area (Å²) in [4.78, 5) is 25.5. The van der Waals surface area contributed by atoms with Crippen molar-refractivity contribution in [3.63, 3.8) is 0 Å². The van der Waals surface area contributed by atoms with Gasteiger partial charge in [-0.25, -0.2) is 9.59 Å². The molecule has 2 aromatic carbocycles. The topological polar surface area (TPSA) is 81.7 Å². The number of hydrogen-bond acceptors (Lipinski definition) is 2. The Hall–Kier alpha value is -2.73. The molecule has 3 amide bonds. The van der Waals surface area contributed by atoms with E-state index in [0.29, 0.717) is 30.2 Å². The smallest absolute Gasteiger partial charge is 0.407 e. The number of halogens is 1. The minimum absolute atomic E-state index is 0.225. The van der Waals surface area contributed by atoms with Crippen LogP contribution < -0.4 is 10.6 Å². The third kappa shape index (κ3) is 5.01. The van der Waals surface area contributed by atoms with Crippen LogP contribution in [0.25, 0.3) is 0 Å². The standard InChI is InChI=1S/C22H26ClN3O3/c1-22(2,3)19-18-9-8-17(12-15(18)10-11-26(19)21(28)29)25-20(27)24-13-14-4-6-16(23)7-5-14/h4-9,12,19H,10-11,13H2,1-3H3,(H,28,29)(H2,24,25,27). The molecule has 0 aromatic heterocycles. The van der Waals surface area contributed by atoms with E-state index in [4.69, 9.17) is 11.6 Å². The number of urea groups is 1. The van der Waals surface area contributed by atoms with Gasteiger partial charge in [0.25, 0.3) is 0 Å². The van der Waals surface area contributed by atoms with E-state index in [0.717, 1.165) is 16.7 Å². The van der Waals surface area contributed by atoms with Gasteiger partial charge in [-0.1, -0.05) is 50.6 Å². The van der Waals surface area contributed by atoms with Crippen molar-refractivity contribution in [2.75, 3.05) is 11.9 Å². The van der Waals surface area contributed by atoms with Gasteiger partial charge in [-0.2, -0.15) is 0 Å². The molecule has 1 aliphatic rings. The quantitative estimate of drug-likeness (QED) is 0.637. The van der Waals surface area contributed by atoms with Gasteiger partial charge in [0.15, 0.2) is 0 Å². The normalized spacial score (nSPS) is 16.1. The minimum atomic E-state index is -0.903. The third-order valence-electron chi connectivity index (χ3n) is 5.06. The van der Waals surface area contributed by atoms with E-state index < -0.39 is 6.09 Å². The second kappa shape index (κ2) is 8.33. The van der Waals surface area contributed by atoms with E-state index in [9.17, 15) is 14.7 Å². The predicted octanol–water partition coefficient (Wildman–Crippen LogP) is 5.29. The SMILES string of the molecule is CC(C)(C)C1c2ccc(NC(=O)NCc3ccc(Cl)cc3)cc2CCN1C(=O)O. The summed E-state index contributed by atoms with van der Waals surface area (Å²) >= 11 is 5.87. The zero-order valence-corrected chi connectivity index (χ0v) is 17.6. The van der Waals surface area contributed by atoms with Gasteiger partial charge in [0.05, 0.1) is 6.04 Å². The molecular weight excluding hydrogens is 390 g/mol. The maximum Gasteiger partial charge on any atom is 0.407 e. The fraction of sp³-hybridized carbons (Fsp3) is 0.364. The summed E-state index contributed by atoms with van der Waals surface area (Å²) in [5.41, 5.74) is 3.47. The average Bonchev–Trinajstić information content (AvgIpc) is 2.65. The number of benzene rings is 2. The molecule has 0 fully saturated rings. The first-order valence-corrected chi connectivity index (χ1v) is 9.94. The monoisotopic (exact) mass is 415 g/mol. The molecule has 3 rings (SSSR count). The molecule has 29 heavy (non-hydrogen) atoms. The maximum atomic E-state index is 12.3. The molecule has 3 N–H and O–H groups in total. The highest BCUT2D eigenvalue weighted by atomic mass is 35.5. The molecule has 1 atom stereocenters. The molecule has 0 spiro atoms. The molecule has 0 saturated heterocycles. The van der Waals surface area contributed by atoms with Crippen molar-refractivity contribution in [3.8, 4) is 0 Å². The van der Waals surface area contributed by atoms with Crippen LogP contribution in [-0.2, 0) is 13.0 Å². The number of amides is 3. The Labute approximate surface area is 175 Å². The third-order valence-corrected chi connectivity index (χ3v) is 5.31. The van der Waals surface area contributed by atoms with Gasteiger partial charge in [-0.3, -0.25) is 0 Å². The number of anilines is 1. The minimum Gasteiger partial charge on any atom is -0.465 e. The van der Waals surface area contributed by atoms with Crippen molar-refractivity contribution in [3.05, 3.63) is 64.2 Å². The summed E-state index contributed by atoms with van der Waals surface area (Å²) in [5, 5.41) is 15.9. The first kappa shape index (κ1) is 21.0. The predicted molar refractivity (Wildman–Crippen MR) is 114 cm³/mol. The van der Waals surface area contributed by atoms with Crippen molar-refractivity contribution in [2.45, 2.75) is 39.8 Å². The number of carboxylic acid groups (broad SMARTS) is 1. The molecule has 1 heterocycles. The van der Waals surface area contributed by atoms with E-state index in [1.807, 2.05) is 51.1 Å². The van der Waals surface area contributed by atoms with Crippen LogP contribution in [0.4, 0.5) is 15.3 Å². The molecule has 154 valence electrons. The zero-order chi connectivity index (χ0) is 21.2. The number of nitrogens with zero attached hydrogens (tertiary/aromatic N) is 1. The van der Waals surface area contributed by atoms with Crippen LogP contribution in [0, 0.1) is 5.41 Å². The molecule has 0 bridgehead atoms. The highest BCUT2D eigenvalue weighted by Crippen LogP contribution is 2.42. The van der Waals surface area contributed by atoms with Gasteiger partial charge in [-0.15, -0.1) is 0 Å². The Balaban J connectivity index is 1.71. The second-order valence-corrected chi connectivity index (χ2v) is 8.78. The van der Waals surface area contributed by atoms with Crippen molar-refractivity contribution >= 4 is 29.4 Å². The van der Waals surface area contributed by atoms with Gasteiger partial charge in [0, 0.05) is 23.8 Å². The van der Waals surface area contributed by atoms with E-state index in [2.05, 4.69) is 10.6 Å². The number of nitrogens with one attached hydrogen (secondary N) is 2. The second-order valence-electron chi connectivity index (χ2n) is 8.34. The van der Waals surface area contributed by atoms with Crippen molar-refractivity contribution in [1.29, 1.82) is 0 Å². The highest BCUT2D eigenvalue weighted by molar-refractivity contribution is 6.30. The molecular formula is C22H26ClN3O3. The van der Waals surface area contributed by atoms with Crippen LogP contribution >= 0.6 is 11.6 Å². The van der Waals surface area contributed by atoms with Gasteiger partial charge >= 0.3 is 12.1 Å². The summed E-state index contributed by atoms with van der Waals surface area (Å²) < 4.78 is 0. The Bertz CT molecular complexity index is 907. The number of hydrogen-bond donors (Lipinski definition) is 3. The first-order chi connectivity index (χ1) is 13.6. The van der Waals surface area contributed by atoms with Crippen LogP contribution in [0.2, 0.25) is 5.02 Å². The zero-order valence-electron chi connectivity index (χ0n) is 16.8. The lowest BCUT2D eigenvalue weighted by Crippen LogP contribution is -2.44. The maximum absolute atomic E-state index is 12.3. The molecule has 1 aliphatic heterocycles. The van der Waals surface area contributed by atoms with Crippen molar-refractivity contribution in [2.24, 2.45) is 5.41 Å². The van der Waals surface area contributed by atoms with Crippen LogP contribution in [-0.4, -0.2) is 28.7 Å². The highest BCUT2D eigenvalue weighted by Gasteiger charge is 2.38. The number of fused-ring (bicyclic) bond motifs is 1. The fourth-order valence-corrected chi connectivity index (χ4v) is 3.93. The van der Waals surface area contributed by atoms with Gasteiger partial charge in [0.1, 0.15) is 0 Å². The Kier molecular flexibility index (Phi) is 6.03.